The lowest BCUT2D eigenvalue weighted by molar-refractivity contribution is -0.143. The lowest BCUT2D eigenvalue weighted by Crippen LogP contribution is -2.50. The molecule has 0 aliphatic heterocycles. The number of rotatable bonds is 13. The number of hydrogen-bond donors (Lipinski definition) is 1. The molecule has 0 radical (unpaired) electrons. The van der Waals surface area contributed by atoms with Gasteiger partial charge in [-0.25, -0.2) is 0 Å². The molecule has 34 heavy (non-hydrogen) atoms. The third-order valence-corrected chi connectivity index (χ3v) is 5.98. The van der Waals surface area contributed by atoms with Gasteiger partial charge in [0.1, 0.15) is 23.3 Å². The molecule has 2 amide bonds. The van der Waals surface area contributed by atoms with Gasteiger partial charge >= 0.3 is 0 Å². The molecule has 2 rings (SSSR count). The maximum absolute atomic E-state index is 13.3. The van der Waals surface area contributed by atoms with Gasteiger partial charge in [-0.1, -0.05) is 49.5 Å². The SMILES string of the molecule is CCCCNC(=O)[C@H](CC)N(Cc1ccc(Cl)c(Cl)c1)C(=O)COc1cc(OC)cc(OC)c1. The Balaban J connectivity index is 2.25. The second-order valence-electron chi connectivity index (χ2n) is 7.68. The van der Waals surface area contributed by atoms with Gasteiger partial charge in [0, 0.05) is 31.3 Å². The van der Waals surface area contributed by atoms with E-state index in [1.54, 1.807) is 36.4 Å². The minimum atomic E-state index is -0.665. The van der Waals surface area contributed by atoms with Gasteiger partial charge in [-0.3, -0.25) is 9.59 Å². The van der Waals surface area contributed by atoms with Crippen LogP contribution in [0, 0.1) is 0 Å². The molecule has 0 heterocycles. The van der Waals surface area contributed by atoms with Crippen LogP contribution in [-0.2, 0) is 16.1 Å². The molecule has 0 unspecified atom stereocenters. The topological polar surface area (TPSA) is 77.1 Å². The first kappa shape index (κ1) is 27.6. The molecule has 0 spiro atoms. The number of nitrogens with one attached hydrogen (secondary N) is 1. The first-order valence-corrected chi connectivity index (χ1v) is 11.9. The molecule has 0 saturated heterocycles. The van der Waals surface area contributed by atoms with E-state index in [1.165, 1.54) is 19.1 Å². The zero-order chi connectivity index (χ0) is 25.1. The van der Waals surface area contributed by atoms with E-state index in [2.05, 4.69) is 12.2 Å². The second-order valence-corrected chi connectivity index (χ2v) is 8.49. The number of carbonyl (C=O) groups is 2. The van der Waals surface area contributed by atoms with Crippen molar-refractivity contribution in [2.75, 3.05) is 27.4 Å². The molecule has 186 valence electrons. The first-order valence-electron chi connectivity index (χ1n) is 11.2. The summed E-state index contributed by atoms with van der Waals surface area (Å²) in [7, 11) is 3.07. The van der Waals surface area contributed by atoms with Crippen molar-refractivity contribution in [1.29, 1.82) is 0 Å². The highest BCUT2D eigenvalue weighted by molar-refractivity contribution is 6.42. The van der Waals surface area contributed by atoms with Gasteiger partial charge in [-0.15, -0.1) is 0 Å². The largest absolute Gasteiger partial charge is 0.496 e. The summed E-state index contributed by atoms with van der Waals surface area (Å²) in [5.74, 6) is 0.949. The van der Waals surface area contributed by atoms with Gasteiger partial charge in [-0.2, -0.15) is 0 Å². The lowest BCUT2D eigenvalue weighted by atomic mass is 10.1. The van der Waals surface area contributed by atoms with Crippen LogP contribution < -0.4 is 19.5 Å². The zero-order valence-electron chi connectivity index (χ0n) is 20.0. The van der Waals surface area contributed by atoms with Crippen molar-refractivity contribution >= 4 is 35.0 Å². The van der Waals surface area contributed by atoms with Crippen LogP contribution in [0.15, 0.2) is 36.4 Å². The minimum absolute atomic E-state index is 0.181. The van der Waals surface area contributed by atoms with Crippen LogP contribution in [0.2, 0.25) is 10.0 Å². The standard InChI is InChI=1S/C25H32Cl2N2O5/c1-5-7-10-28-25(31)23(6-2)29(15-17-8-9-21(26)22(27)11-17)24(30)16-34-20-13-18(32-3)12-19(14-20)33-4/h8-9,11-14,23H,5-7,10,15-16H2,1-4H3,(H,28,31)/t23-/m0/s1. The summed E-state index contributed by atoms with van der Waals surface area (Å²) in [6, 6.07) is 9.51. The Labute approximate surface area is 211 Å². The minimum Gasteiger partial charge on any atom is -0.496 e. The van der Waals surface area contributed by atoms with Crippen LogP contribution in [0.3, 0.4) is 0 Å². The van der Waals surface area contributed by atoms with E-state index < -0.39 is 6.04 Å². The molecule has 0 aromatic heterocycles. The van der Waals surface area contributed by atoms with Crippen LogP contribution in [0.4, 0.5) is 0 Å². The summed E-state index contributed by atoms with van der Waals surface area (Å²) < 4.78 is 16.3. The van der Waals surface area contributed by atoms with Gasteiger partial charge in [-0.05, 0) is 30.5 Å². The highest BCUT2D eigenvalue weighted by Gasteiger charge is 2.29. The van der Waals surface area contributed by atoms with Gasteiger partial charge in [0.15, 0.2) is 6.61 Å². The van der Waals surface area contributed by atoms with Gasteiger partial charge in [0.05, 0.1) is 24.3 Å². The summed E-state index contributed by atoms with van der Waals surface area (Å²) in [4.78, 5) is 27.7. The van der Waals surface area contributed by atoms with E-state index in [-0.39, 0.29) is 25.0 Å². The van der Waals surface area contributed by atoms with Crippen LogP contribution in [-0.4, -0.2) is 50.1 Å². The van der Waals surface area contributed by atoms with Crippen molar-refractivity contribution in [2.45, 2.75) is 45.7 Å². The van der Waals surface area contributed by atoms with Gasteiger partial charge in [0.2, 0.25) is 5.91 Å². The Hall–Kier alpha value is -2.64. The Morgan fingerprint density at radius 1 is 0.971 bits per heavy atom. The predicted octanol–water partition coefficient (Wildman–Crippen LogP) is 5.11. The van der Waals surface area contributed by atoms with Crippen LogP contribution >= 0.6 is 23.2 Å². The number of methoxy groups -OCH3 is 2. The molecular weight excluding hydrogens is 479 g/mol. The van der Waals surface area contributed by atoms with E-state index in [0.29, 0.717) is 40.3 Å². The quantitative estimate of drug-likeness (QED) is 0.378. The molecule has 1 N–H and O–H groups in total. The average Bonchev–Trinajstić information content (AvgIpc) is 2.84. The van der Waals surface area contributed by atoms with Crippen molar-refractivity contribution in [2.24, 2.45) is 0 Å². The van der Waals surface area contributed by atoms with E-state index >= 15 is 0 Å². The Morgan fingerprint density at radius 3 is 2.18 bits per heavy atom. The fourth-order valence-electron chi connectivity index (χ4n) is 3.35. The molecule has 0 saturated carbocycles. The third kappa shape index (κ3) is 7.99. The van der Waals surface area contributed by atoms with Crippen molar-refractivity contribution in [3.63, 3.8) is 0 Å². The molecule has 1 atom stereocenters. The van der Waals surface area contributed by atoms with E-state index in [0.717, 1.165) is 18.4 Å². The summed E-state index contributed by atoms with van der Waals surface area (Å²) in [5.41, 5.74) is 0.755. The van der Waals surface area contributed by atoms with E-state index in [9.17, 15) is 9.59 Å². The molecule has 0 fully saturated rings. The number of hydrogen-bond acceptors (Lipinski definition) is 5. The number of carbonyl (C=O) groups excluding carboxylic acids is 2. The third-order valence-electron chi connectivity index (χ3n) is 5.24. The lowest BCUT2D eigenvalue weighted by Gasteiger charge is -2.30. The van der Waals surface area contributed by atoms with E-state index in [1.807, 2.05) is 6.92 Å². The highest BCUT2D eigenvalue weighted by Crippen LogP contribution is 2.28. The molecule has 2 aromatic carbocycles. The molecule has 0 bridgehead atoms. The second kappa shape index (κ2) is 13.9. The maximum Gasteiger partial charge on any atom is 0.261 e. The molecule has 9 heteroatoms. The summed E-state index contributed by atoms with van der Waals surface area (Å²) >= 11 is 12.2. The fraction of sp³-hybridized carbons (Fsp3) is 0.440. The number of amides is 2. The van der Waals surface area contributed by atoms with Crippen LogP contribution in [0.1, 0.15) is 38.7 Å². The maximum atomic E-state index is 13.3. The summed E-state index contributed by atoms with van der Waals surface area (Å²) in [5, 5.41) is 3.73. The molecule has 0 aliphatic carbocycles. The van der Waals surface area contributed by atoms with Crippen molar-refractivity contribution in [3.05, 3.63) is 52.0 Å². The van der Waals surface area contributed by atoms with Crippen LogP contribution in [0.5, 0.6) is 17.2 Å². The number of halogens is 2. The van der Waals surface area contributed by atoms with Crippen LogP contribution in [0.25, 0.3) is 0 Å². The molecule has 2 aromatic rings. The molecule has 7 nitrogen and oxygen atoms in total. The summed E-state index contributed by atoms with van der Waals surface area (Å²) in [6.45, 7) is 4.39. The Kier molecular flexibility index (Phi) is 11.3. The number of ether oxygens (including phenoxy) is 3. The average molecular weight is 511 g/mol. The van der Waals surface area contributed by atoms with Crippen molar-refractivity contribution in [1.82, 2.24) is 10.2 Å². The van der Waals surface area contributed by atoms with E-state index in [4.69, 9.17) is 37.4 Å². The monoisotopic (exact) mass is 510 g/mol. The zero-order valence-corrected chi connectivity index (χ0v) is 21.5. The molecule has 0 aliphatic rings. The smallest absolute Gasteiger partial charge is 0.261 e. The number of nitrogens with zero attached hydrogens (tertiary/aromatic N) is 1. The normalized spacial score (nSPS) is 11.5. The Morgan fingerprint density at radius 2 is 1.62 bits per heavy atom. The predicted molar refractivity (Wildman–Crippen MR) is 134 cm³/mol. The summed E-state index contributed by atoms with van der Waals surface area (Å²) in [6.07, 6.45) is 2.27. The first-order chi connectivity index (χ1) is 16.3. The number of benzene rings is 2. The van der Waals surface area contributed by atoms with Gasteiger partial charge < -0.3 is 24.4 Å². The Bertz CT molecular complexity index is 948. The van der Waals surface area contributed by atoms with Crippen molar-refractivity contribution < 1.29 is 23.8 Å². The highest BCUT2D eigenvalue weighted by atomic mass is 35.5. The van der Waals surface area contributed by atoms with Gasteiger partial charge in [0.25, 0.3) is 5.91 Å². The number of unbranched alkanes of at least 4 members (excludes halogenated alkanes) is 1. The molecular formula is C25H32Cl2N2O5. The van der Waals surface area contributed by atoms with Crippen molar-refractivity contribution in [3.8, 4) is 17.2 Å². The fourth-order valence-corrected chi connectivity index (χ4v) is 3.67.